The second kappa shape index (κ2) is 6.58. The smallest absolute Gasteiger partial charge is 0.0412 e. The average molecular weight is 307 g/mol. The van der Waals surface area contributed by atoms with E-state index >= 15 is 0 Å². The van der Waals surface area contributed by atoms with Crippen LogP contribution in [0.2, 0.25) is 5.02 Å². The molecule has 0 aromatic heterocycles. The van der Waals surface area contributed by atoms with E-state index in [0.29, 0.717) is 5.41 Å². The van der Waals surface area contributed by atoms with E-state index in [2.05, 4.69) is 29.3 Å². The maximum Gasteiger partial charge on any atom is 0.0412 e. The van der Waals surface area contributed by atoms with Crippen molar-refractivity contribution in [3.05, 3.63) is 28.8 Å². The summed E-state index contributed by atoms with van der Waals surface area (Å²) in [6, 6.07) is 6.37. The molecule has 1 N–H and O–H groups in total. The van der Waals surface area contributed by atoms with Crippen LogP contribution in [0.25, 0.3) is 0 Å². The first kappa shape index (κ1) is 15.2. The molecule has 0 bridgehead atoms. The molecular weight excluding hydrogens is 280 g/mol. The molecule has 21 heavy (non-hydrogen) atoms. The molecule has 0 unspecified atom stereocenters. The van der Waals surface area contributed by atoms with Gasteiger partial charge in [0.2, 0.25) is 0 Å². The number of hydrogen-bond donors (Lipinski definition) is 1. The van der Waals surface area contributed by atoms with Gasteiger partial charge in [0.15, 0.2) is 0 Å². The van der Waals surface area contributed by atoms with Gasteiger partial charge in [-0.15, -0.1) is 0 Å². The van der Waals surface area contributed by atoms with Crippen LogP contribution in [0.5, 0.6) is 0 Å². The Balaban J connectivity index is 1.72. The molecule has 1 aromatic carbocycles. The molecule has 2 aliphatic rings. The second-order valence-corrected chi connectivity index (χ2v) is 7.18. The van der Waals surface area contributed by atoms with E-state index in [1.54, 1.807) is 0 Å². The standard InChI is InChI=1S/C18H27ClN2/c1-2-20-14-15-13-16(19)5-6-17(15)21-11-9-18(10-12-21)7-3-4-8-18/h5-6,13,20H,2-4,7-12,14H2,1H3. The van der Waals surface area contributed by atoms with Gasteiger partial charge in [-0.05, 0) is 61.4 Å². The van der Waals surface area contributed by atoms with Crippen LogP contribution in [0, 0.1) is 5.41 Å². The Labute approximate surface area is 133 Å². The van der Waals surface area contributed by atoms with Gasteiger partial charge in [-0.3, -0.25) is 0 Å². The summed E-state index contributed by atoms with van der Waals surface area (Å²) in [6.07, 6.45) is 8.57. The summed E-state index contributed by atoms with van der Waals surface area (Å²) in [4.78, 5) is 2.58. The summed E-state index contributed by atoms with van der Waals surface area (Å²) in [5.41, 5.74) is 3.41. The Morgan fingerprint density at radius 3 is 2.52 bits per heavy atom. The van der Waals surface area contributed by atoms with Crippen LogP contribution in [0.4, 0.5) is 5.69 Å². The quantitative estimate of drug-likeness (QED) is 0.874. The first-order valence-electron chi connectivity index (χ1n) is 8.47. The van der Waals surface area contributed by atoms with Gasteiger partial charge in [0.25, 0.3) is 0 Å². The molecule has 1 aliphatic heterocycles. The van der Waals surface area contributed by atoms with E-state index in [1.165, 1.54) is 62.9 Å². The summed E-state index contributed by atoms with van der Waals surface area (Å²) < 4.78 is 0. The third-order valence-corrected chi connectivity index (χ3v) is 5.67. The maximum absolute atomic E-state index is 6.19. The first-order valence-corrected chi connectivity index (χ1v) is 8.84. The monoisotopic (exact) mass is 306 g/mol. The summed E-state index contributed by atoms with van der Waals surface area (Å²) in [5, 5.41) is 4.28. The highest BCUT2D eigenvalue weighted by molar-refractivity contribution is 6.30. The second-order valence-electron chi connectivity index (χ2n) is 6.75. The minimum Gasteiger partial charge on any atom is -0.371 e. The number of benzene rings is 1. The zero-order chi connectivity index (χ0) is 14.7. The van der Waals surface area contributed by atoms with E-state index in [-0.39, 0.29) is 0 Å². The van der Waals surface area contributed by atoms with Crippen LogP contribution in [0.3, 0.4) is 0 Å². The predicted octanol–water partition coefficient (Wildman–Crippen LogP) is 4.61. The van der Waals surface area contributed by atoms with Crippen LogP contribution in [-0.4, -0.2) is 19.6 Å². The van der Waals surface area contributed by atoms with Crippen molar-refractivity contribution in [2.75, 3.05) is 24.5 Å². The lowest BCUT2D eigenvalue weighted by molar-refractivity contribution is 0.226. The molecule has 1 aromatic rings. The molecule has 116 valence electrons. The first-order chi connectivity index (χ1) is 10.2. The van der Waals surface area contributed by atoms with Gasteiger partial charge in [-0.1, -0.05) is 31.4 Å². The van der Waals surface area contributed by atoms with Gasteiger partial charge >= 0.3 is 0 Å². The fourth-order valence-electron chi connectivity index (χ4n) is 4.11. The van der Waals surface area contributed by atoms with Crippen molar-refractivity contribution in [2.24, 2.45) is 5.41 Å². The lowest BCUT2D eigenvalue weighted by Gasteiger charge is -2.41. The lowest BCUT2D eigenvalue weighted by Crippen LogP contribution is -2.39. The number of piperidine rings is 1. The SMILES string of the molecule is CCNCc1cc(Cl)ccc1N1CCC2(CCCC2)CC1. The van der Waals surface area contributed by atoms with Gasteiger partial charge < -0.3 is 10.2 Å². The molecule has 1 saturated carbocycles. The highest BCUT2D eigenvalue weighted by Crippen LogP contribution is 2.46. The Morgan fingerprint density at radius 2 is 1.86 bits per heavy atom. The van der Waals surface area contributed by atoms with E-state index in [9.17, 15) is 0 Å². The van der Waals surface area contributed by atoms with Crippen molar-refractivity contribution in [3.63, 3.8) is 0 Å². The summed E-state index contributed by atoms with van der Waals surface area (Å²) in [5.74, 6) is 0. The van der Waals surface area contributed by atoms with Crippen LogP contribution < -0.4 is 10.2 Å². The average Bonchev–Trinajstić information content (AvgIpc) is 2.95. The van der Waals surface area contributed by atoms with Gasteiger partial charge in [0.05, 0.1) is 0 Å². The minimum atomic E-state index is 0.685. The fourth-order valence-corrected chi connectivity index (χ4v) is 4.31. The van der Waals surface area contributed by atoms with Gasteiger partial charge in [-0.25, -0.2) is 0 Å². The van der Waals surface area contributed by atoms with Crippen LogP contribution in [0.15, 0.2) is 18.2 Å². The predicted molar refractivity (Wildman–Crippen MR) is 91.2 cm³/mol. The molecule has 1 spiro atoms. The Morgan fingerprint density at radius 1 is 1.14 bits per heavy atom. The molecule has 1 heterocycles. The van der Waals surface area contributed by atoms with Crippen molar-refractivity contribution in [1.29, 1.82) is 0 Å². The topological polar surface area (TPSA) is 15.3 Å². The molecule has 3 rings (SSSR count). The summed E-state index contributed by atoms with van der Waals surface area (Å²) in [7, 11) is 0. The normalized spacial score (nSPS) is 21.1. The highest BCUT2D eigenvalue weighted by Gasteiger charge is 2.37. The van der Waals surface area contributed by atoms with Gasteiger partial charge in [-0.2, -0.15) is 0 Å². The highest BCUT2D eigenvalue weighted by atomic mass is 35.5. The van der Waals surface area contributed by atoms with E-state index in [1.807, 2.05) is 6.07 Å². The summed E-state index contributed by atoms with van der Waals surface area (Å²) >= 11 is 6.19. The molecule has 0 amide bonds. The number of nitrogens with zero attached hydrogens (tertiary/aromatic N) is 1. The third-order valence-electron chi connectivity index (χ3n) is 5.44. The number of nitrogens with one attached hydrogen (secondary N) is 1. The van der Waals surface area contributed by atoms with Crippen molar-refractivity contribution < 1.29 is 0 Å². The van der Waals surface area contributed by atoms with Crippen LogP contribution >= 0.6 is 11.6 Å². The number of halogens is 1. The molecule has 3 heteroatoms. The zero-order valence-electron chi connectivity index (χ0n) is 13.1. The number of hydrogen-bond acceptors (Lipinski definition) is 2. The number of anilines is 1. The molecular formula is C18H27ClN2. The molecule has 1 saturated heterocycles. The Kier molecular flexibility index (Phi) is 4.75. The Bertz CT molecular complexity index is 470. The van der Waals surface area contributed by atoms with Crippen molar-refractivity contribution in [3.8, 4) is 0 Å². The molecule has 2 nitrogen and oxygen atoms in total. The Hall–Kier alpha value is -0.730. The van der Waals surface area contributed by atoms with Gasteiger partial charge in [0, 0.05) is 30.3 Å². The van der Waals surface area contributed by atoms with Gasteiger partial charge in [0.1, 0.15) is 0 Å². The van der Waals surface area contributed by atoms with Crippen molar-refractivity contribution in [1.82, 2.24) is 5.32 Å². The third kappa shape index (κ3) is 3.37. The molecule has 0 radical (unpaired) electrons. The van der Waals surface area contributed by atoms with Crippen molar-refractivity contribution >= 4 is 17.3 Å². The van der Waals surface area contributed by atoms with Crippen molar-refractivity contribution in [2.45, 2.75) is 52.0 Å². The van der Waals surface area contributed by atoms with Crippen LogP contribution in [0.1, 0.15) is 51.0 Å². The minimum absolute atomic E-state index is 0.685. The van der Waals surface area contributed by atoms with E-state index < -0.39 is 0 Å². The van der Waals surface area contributed by atoms with E-state index in [4.69, 9.17) is 11.6 Å². The molecule has 0 atom stereocenters. The largest absolute Gasteiger partial charge is 0.371 e. The summed E-state index contributed by atoms with van der Waals surface area (Å²) in [6.45, 7) is 6.47. The lowest BCUT2D eigenvalue weighted by atomic mass is 9.77. The number of rotatable bonds is 4. The zero-order valence-corrected chi connectivity index (χ0v) is 13.9. The fraction of sp³-hybridized carbons (Fsp3) is 0.667. The van der Waals surface area contributed by atoms with Crippen LogP contribution in [-0.2, 0) is 6.54 Å². The maximum atomic E-state index is 6.19. The molecule has 1 aliphatic carbocycles. The van der Waals surface area contributed by atoms with E-state index in [0.717, 1.165) is 18.1 Å². The molecule has 2 fully saturated rings.